The molecule has 1 amide bonds. The van der Waals surface area contributed by atoms with Crippen LogP contribution in [-0.4, -0.2) is 20.9 Å². The van der Waals surface area contributed by atoms with E-state index in [-0.39, 0.29) is 16.1 Å². The van der Waals surface area contributed by atoms with Crippen LogP contribution in [0.1, 0.15) is 48.1 Å². The van der Waals surface area contributed by atoms with Gasteiger partial charge in [-0.3, -0.25) is 14.4 Å². The predicted molar refractivity (Wildman–Crippen MR) is 104 cm³/mol. The molecule has 28 heavy (non-hydrogen) atoms. The number of oxazole rings is 1. The molecule has 1 aromatic carbocycles. The summed E-state index contributed by atoms with van der Waals surface area (Å²) >= 11 is 0. The van der Waals surface area contributed by atoms with Gasteiger partial charge in [0.05, 0.1) is 0 Å². The number of nitrogens with two attached hydrogens (primary N) is 1. The molecule has 3 rings (SSSR count). The van der Waals surface area contributed by atoms with E-state index in [0.717, 1.165) is 0 Å². The minimum atomic E-state index is -0.579. The third kappa shape index (κ3) is 4.01. The molecule has 0 unspecified atom stereocenters. The van der Waals surface area contributed by atoms with E-state index >= 15 is 0 Å². The first-order valence-electron chi connectivity index (χ1n) is 8.55. The van der Waals surface area contributed by atoms with Crippen LogP contribution in [0.5, 0.6) is 0 Å². The van der Waals surface area contributed by atoms with Crippen LogP contribution >= 0.6 is 0 Å². The van der Waals surface area contributed by atoms with Crippen molar-refractivity contribution in [2.45, 2.75) is 26.2 Å². The van der Waals surface area contributed by atoms with Crippen molar-refractivity contribution in [1.82, 2.24) is 15.0 Å². The van der Waals surface area contributed by atoms with Crippen molar-refractivity contribution >= 4 is 18.1 Å². The molecule has 2 heterocycles. The Kier molecular flexibility index (Phi) is 4.87. The second-order valence-corrected chi connectivity index (χ2v) is 7.33. The minimum absolute atomic E-state index is 0.0555. The molecular formula is C20H20N4O4. The second kappa shape index (κ2) is 7.15. The van der Waals surface area contributed by atoms with Crippen LogP contribution < -0.4 is 27.6 Å². The number of aromatic amines is 2. The van der Waals surface area contributed by atoms with E-state index in [4.69, 9.17) is 10.2 Å². The molecule has 8 nitrogen and oxygen atoms in total. The number of primary amides is 1. The minimum Gasteiger partial charge on any atom is -0.447 e. The number of hydrogen-bond donors (Lipinski definition) is 3. The van der Waals surface area contributed by atoms with Gasteiger partial charge in [-0.1, -0.05) is 32.9 Å². The third-order valence-corrected chi connectivity index (χ3v) is 4.03. The molecule has 4 N–H and O–H groups in total. The predicted octanol–water partition coefficient (Wildman–Crippen LogP) is 0.105. The van der Waals surface area contributed by atoms with Gasteiger partial charge in [0, 0.05) is 11.0 Å². The monoisotopic (exact) mass is 380 g/mol. The summed E-state index contributed by atoms with van der Waals surface area (Å²) in [4.78, 5) is 45.4. The first-order chi connectivity index (χ1) is 13.1. The number of rotatable bonds is 3. The Morgan fingerprint density at radius 1 is 1.11 bits per heavy atom. The van der Waals surface area contributed by atoms with Gasteiger partial charge >= 0.3 is 0 Å². The fraction of sp³-hybridized carbons (Fsp3) is 0.200. The SMILES string of the molecule is CC(C)(C)c1ocnc1C=c1[nH]c(=O)c(=Cc2cccc(C(N)=O)c2)[nH]c1=O. The second-order valence-electron chi connectivity index (χ2n) is 7.33. The Balaban J connectivity index is 2.12. The highest BCUT2D eigenvalue weighted by atomic mass is 16.3. The molecule has 2 aromatic heterocycles. The first kappa shape index (κ1) is 19.1. The maximum absolute atomic E-state index is 12.4. The molecule has 0 bridgehead atoms. The number of benzene rings is 1. The maximum atomic E-state index is 12.4. The van der Waals surface area contributed by atoms with E-state index in [2.05, 4.69) is 15.0 Å². The van der Waals surface area contributed by atoms with Gasteiger partial charge in [0.15, 0.2) is 6.39 Å². The van der Waals surface area contributed by atoms with E-state index in [9.17, 15) is 14.4 Å². The van der Waals surface area contributed by atoms with Crippen molar-refractivity contribution in [1.29, 1.82) is 0 Å². The Hall–Kier alpha value is -3.68. The van der Waals surface area contributed by atoms with E-state index in [1.54, 1.807) is 18.2 Å². The van der Waals surface area contributed by atoms with E-state index < -0.39 is 17.0 Å². The summed E-state index contributed by atoms with van der Waals surface area (Å²) in [7, 11) is 0. The van der Waals surface area contributed by atoms with Crippen molar-refractivity contribution < 1.29 is 9.21 Å². The molecular weight excluding hydrogens is 360 g/mol. The summed E-state index contributed by atoms with van der Waals surface area (Å²) < 4.78 is 5.41. The molecule has 0 saturated carbocycles. The lowest BCUT2D eigenvalue weighted by molar-refractivity contribution is 0.1000. The van der Waals surface area contributed by atoms with Gasteiger partial charge in [-0.2, -0.15) is 0 Å². The quantitative estimate of drug-likeness (QED) is 0.592. The number of H-pyrrole nitrogens is 2. The Labute approximate surface area is 159 Å². The van der Waals surface area contributed by atoms with Crippen LogP contribution in [-0.2, 0) is 5.41 Å². The first-order valence-corrected chi connectivity index (χ1v) is 8.55. The van der Waals surface area contributed by atoms with Crippen LogP contribution in [0.2, 0.25) is 0 Å². The molecule has 0 radical (unpaired) electrons. The molecule has 0 atom stereocenters. The molecule has 0 aliphatic rings. The van der Waals surface area contributed by atoms with Gasteiger partial charge in [-0.05, 0) is 29.8 Å². The zero-order valence-corrected chi connectivity index (χ0v) is 15.7. The van der Waals surface area contributed by atoms with Crippen LogP contribution in [0.4, 0.5) is 0 Å². The lowest BCUT2D eigenvalue weighted by Gasteiger charge is -2.14. The van der Waals surface area contributed by atoms with Gasteiger partial charge in [0.2, 0.25) is 5.91 Å². The topological polar surface area (TPSA) is 135 Å². The van der Waals surface area contributed by atoms with E-state index in [0.29, 0.717) is 22.6 Å². The Morgan fingerprint density at radius 2 is 1.75 bits per heavy atom. The standard InChI is InChI=1S/C20H20N4O4/c1-20(2,3)16-13(22-10-28-16)9-15-19(27)23-14(18(26)24-15)8-11-5-4-6-12(7-11)17(21)25/h4-10H,1-3H3,(H2,21,25)(H,23,27)(H,24,26). The highest BCUT2D eigenvalue weighted by Gasteiger charge is 2.21. The normalized spacial score (nSPS) is 13.1. The average molecular weight is 380 g/mol. The number of hydrogen-bond acceptors (Lipinski definition) is 5. The zero-order chi connectivity index (χ0) is 20.5. The lowest BCUT2D eigenvalue weighted by Crippen LogP contribution is -2.46. The fourth-order valence-corrected chi connectivity index (χ4v) is 2.70. The highest BCUT2D eigenvalue weighted by molar-refractivity contribution is 5.93. The molecule has 0 saturated heterocycles. The van der Waals surface area contributed by atoms with Crippen molar-refractivity contribution in [3.63, 3.8) is 0 Å². The fourth-order valence-electron chi connectivity index (χ4n) is 2.70. The molecule has 0 fully saturated rings. The number of carbonyl (C=O) groups excluding carboxylic acids is 1. The smallest absolute Gasteiger partial charge is 0.272 e. The molecule has 0 aliphatic carbocycles. The van der Waals surface area contributed by atoms with Gasteiger partial charge < -0.3 is 20.1 Å². The number of aromatic nitrogens is 3. The third-order valence-electron chi connectivity index (χ3n) is 4.03. The summed E-state index contributed by atoms with van der Waals surface area (Å²) in [6.07, 6.45) is 4.24. The van der Waals surface area contributed by atoms with Crippen LogP contribution in [0.3, 0.4) is 0 Å². The summed E-state index contributed by atoms with van der Waals surface area (Å²) in [5.74, 6) is 0.0246. The van der Waals surface area contributed by atoms with Gasteiger partial charge in [-0.25, -0.2) is 4.98 Å². The lowest BCUT2D eigenvalue weighted by atomic mass is 9.92. The molecule has 144 valence electrons. The molecule has 0 aliphatic heterocycles. The number of nitrogens with one attached hydrogen (secondary N) is 2. The van der Waals surface area contributed by atoms with Crippen LogP contribution in [0.15, 0.2) is 44.7 Å². The Morgan fingerprint density at radius 3 is 2.36 bits per heavy atom. The molecule has 8 heteroatoms. The number of amides is 1. The Bertz CT molecular complexity index is 1270. The van der Waals surface area contributed by atoms with Crippen molar-refractivity contribution in [2.24, 2.45) is 5.73 Å². The van der Waals surface area contributed by atoms with Crippen LogP contribution in [0, 0.1) is 0 Å². The van der Waals surface area contributed by atoms with Crippen molar-refractivity contribution in [3.05, 3.63) is 84.6 Å². The molecule has 3 aromatic rings. The zero-order valence-electron chi connectivity index (χ0n) is 15.7. The maximum Gasteiger partial charge on any atom is 0.272 e. The van der Waals surface area contributed by atoms with Crippen LogP contribution in [0.25, 0.3) is 12.2 Å². The van der Waals surface area contributed by atoms with E-state index in [1.165, 1.54) is 24.6 Å². The van der Waals surface area contributed by atoms with Gasteiger partial charge in [-0.15, -0.1) is 0 Å². The largest absolute Gasteiger partial charge is 0.447 e. The average Bonchev–Trinajstić information content (AvgIpc) is 3.08. The summed E-state index contributed by atoms with van der Waals surface area (Å²) in [6.45, 7) is 5.86. The van der Waals surface area contributed by atoms with Crippen molar-refractivity contribution in [3.8, 4) is 0 Å². The van der Waals surface area contributed by atoms with Gasteiger partial charge in [0.1, 0.15) is 22.2 Å². The summed E-state index contributed by atoms with van der Waals surface area (Å²) in [5, 5.41) is 0.118. The molecule has 0 spiro atoms. The summed E-state index contributed by atoms with van der Waals surface area (Å²) in [6, 6.07) is 6.43. The number of carbonyl (C=O) groups is 1. The van der Waals surface area contributed by atoms with E-state index in [1.807, 2.05) is 20.8 Å². The summed E-state index contributed by atoms with van der Waals surface area (Å²) in [5.41, 5.74) is 5.31. The highest BCUT2D eigenvalue weighted by Crippen LogP contribution is 2.25. The number of nitrogens with zero attached hydrogens (tertiary/aromatic N) is 1. The van der Waals surface area contributed by atoms with Crippen molar-refractivity contribution in [2.75, 3.05) is 0 Å². The van der Waals surface area contributed by atoms with Gasteiger partial charge in [0.25, 0.3) is 11.1 Å².